The Bertz CT molecular complexity index is 869. The highest BCUT2D eigenvalue weighted by Gasteiger charge is 2.27. The van der Waals surface area contributed by atoms with Crippen molar-refractivity contribution >= 4 is 11.6 Å². The number of benzene rings is 1. The van der Waals surface area contributed by atoms with E-state index in [9.17, 15) is 9.90 Å². The van der Waals surface area contributed by atoms with Crippen LogP contribution in [0.25, 0.3) is 16.9 Å². The van der Waals surface area contributed by atoms with Crippen molar-refractivity contribution in [2.24, 2.45) is 0 Å². The molecule has 6 heteroatoms. The molecular weight excluding hydrogens is 294 g/mol. The lowest BCUT2D eigenvalue weighted by molar-refractivity contribution is -0.150. The van der Waals surface area contributed by atoms with Gasteiger partial charge in [0.1, 0.15) is 0 Å². The van der Waals surface area contributed by atoms with Crippen LogP contribution in [0.15, 0.2) is 36.5 Å². The van der Waals surface area contributed by atoms with E-state index in [1.165, 1.54) is 7.11 Å². The second-order valence-electron chi connectivity index (χ2n) is 5.35. The van der Waals surface area contributed by atoms with Crippen molar-refractivity contribution in [1.29, 1.82) is 0 Å². The van der Waals surface area contributed by atoms with Gasteiger partial charge < -0.3 is 9.84 Å². The van der Waals surface area contributed by atoms with Gasteiger partial charge in [-0.05, 0) is 13.8 Å². The lowest BCUT2D eigenvalue weighted by Gasteiger charge is -2.17. The molecule has 1 atom stereocenters. The third-order valence-electron chi connectivity index (χ3n) is 3.78. The number of aliphatic hydroxyl groups excluding tert-OH is 1. The number of nitrogens with zero attached hydrogens (tertiary/aromatic N) is 3. The molecule has 2 aromatic heterocycles. The molecule has 1 aromatic carbocycles. The van der Waals surface area contributed by atoms with E-state index < -0.39 is 12.1 Å². The molecule has 0 radical (unpaired) electrons. The Morgan fingerprint density at radius 2 is 1.91 bits per heavy atom. The van der Waals surface area contributed by atoms with E-state index in [-0.39, 0.29) is 0 Å². The highest BCUT2D eigenvalue weighted by Crippen LogP contribution is 2.31. The van der Waals surface area contributed by atoms with Crippen LogP contribution in [0.3, 0.4) is 0 Å². The molecule has 0 spiro atoms. The fraction of sp³-hybridized carbons (Fsp3) is 0.235. The maximum Gasteiger partial charge on any atom is 0.339 e. The highest BCUT2D eigenvalue weighted by atomic mass is 16.5. The number of carbonyl (C=O) groups excluding carboxylic acids is 1. The summed E-state index contributed by atoms with van der Waals surface area (Å²) in [5, 5.41) is 14.7. The quantitative estimate of drug-likeness (QED) is 0.751. The Morgan fingerprint density at radius 3 is 2.57 bits per heavy atom. The van der Waals surface area contributed by atoms with Crippen LogP contribution in [-0.4, -0.2) is 32.8 Å². The molecule has 1 N–H and O–H groups in total. The Kier molecular flexibility index (Phi) is 3.83. The molecule has 0 amide bonds. The first kappa shape index (κ1) is 15.2. The Balaban J connectivity index is 2.33. The average molecular weight is 311 g/mol. The summed E-state index contributed by atoms with van der Waals surface area (Å²) in [5.41, 5.74) is 4.21. The van der Waals surface area contributed by atoms with Gasteiger partial charge in [0.2, 0.25) is 0 Å². The minimum absolute atomic E-state index is 0.400. The average Bonchev–Trinajstić information content (AvgIpc) is 3.01. The first-order chi connectivity index (χ1) is 11.0. The normalized spacial score (nSPS) is 12.3. The molecule has 3 aromatic rings. The Morgan fingerprint density at radius 1 is 1.22 bits per heavy atom. The fourth-order valence-corrected chi connectivity index (χ4v) is 2.62. The third kappa shape index (κ3) is 2.57. The van der Waals surface area contributed by atoms with Gasteiger partial charge in [0.05, 0.1) is 19.0 Å². The minimum Gasteiger partial charge on any atom is -0.467 e. The zero-order valence-electron chi connectivity index (χ0n) is 13.1. The number of methoxy groups -OCH3 is 1. The summed E-state index contributed by atoms with van der Waals surface area (Å²) in [5.74, 6) is -0.727. The zero-order valence-corrected chi connectivity index (χ0v) is 13.1. The first-order valence-electron chi connectivity index (χ1n) is 7.20. The predicted molar refractivity (Wildman–Crippen MR) is 84.9 cm³/mol. The Labute approximate surface area is 133 Å². The van der Waals surface area contributed by atoms with Crippen LogP contribution in [0.1, 0.15) is 22.9 Å². The van der Waals surface area contributed by atoms with Crippen molar-refractivity contribution < 1.29 is 14.6 Å². The lowest BCUT2D eigenvalue weighted by Crippen LogP contribution is -2.18. The molecule has 2 heterocycles. The molecular formula is C17H17N3O3. The molecule has 0 aliphatic carbocycles. The number of aliphatic hydroxyl groups is 1. The van der Waals surface area contributed by atoms with E-state index >= 15 is 0 Å². The standard InChI is InChI=1S/C17H17N3O3/c1-10-4-6-12(7-5-10)15-14(16(21)17(22)23-3)11(2)19-13-8-9-18-20(13)15/h4-9,16,21H,1-3H3. The van der Waals surface area contributed by atoms with Crippen molar-refractivity contribution in [1.82, 2.24) is 14.6 Å². The topological polar surface area (TPSA) is 76.7 Å². The smallest absolute Gasteiger partial charge is 0.339 e. The van der Waals surface area contributed by atoms with E-state index in [0.717, 1.165) is 11.1 Å². The zero-order chi connectivity index (χ0) is 16.6. The van der Waals surface area contributed by atoms with E-state index in [1.807, 2.05) is 31.2 Å². The van der Waals surface area contributed by atoms with Crippen LogP contribution in [0.2, 0.25) is 0 Å². The monoisotopic (exact) mass is 311 g/mol. The molecule has 23 heavy (non-hydrogen) atoms. The maximum absolute atomic E-state index is 11.8. The summed E-state index contributed by atoms with van der Waals surface area (Å²) in [6.45, 7) is 3.75. The van der Waals surface area contributed by atoms with Crippen LogP contribution >= 0.6 is 0 Å². The number of hydrogen-bond acceptors (Lipinski definition) is 5. The second-order valence-corrected chi connectivity index (χ2v) is 5.35. The number of ether oxygens (including phenoxy) is 1. The number of fused-ring (bicyclic) bond motifs is 1. The van der Waals surface area contributed by atoms with Crippen molar-refractivity contribution in [3.05, 3.63) is 53.3 Å². The maximum atomic E-state index is 11.8. The summed E-state index contributed by atoms with van der Waals surface area (Å²) in [7, 11) is 1.24. The summed E-state index contributed by atoms with van der Waals surface area (Å²) in [6.07, 6.45) is 0.214. The highest BCUT2D eigenvalue weighted by molar-refractivity contribution is 5.81. The predicted octanol–water partition coefficient (Wildman–Crippen LogP) is 2.22. The van der Waals surface area contributed by atoms with Gasteiger partial charge in [0.15, 0.2) is 11.8 Å². The van der Waals surface area contributed by atoms with Gasteiger partial charge in [-0.15, -0.1) is 0 Å². The summed E-state index contributed by atoms with van der Waals surface area (Å²) < 4.78 is 6.30. The van der Waals surface area contributed by atoms with Gasteiger partial charge in [-0.2, -0.15) is 5.10 Å². The minimum atomic E-state index is -1.42. The van der Waals surface area contributed by atoms with Crippen molar-refractivity contribution in [3.63, 3.8) is 0 Å². The van der Waals surface area contributed by atoms with E-state index in [0.29, 0.717) is 22.6 Å². The first-order valence-corrected chi connectivity index (χ1v) is 7.20. The van der Waals surface area contributed by atoms with E-state index in [4.69, 9.17) is 0 Å². The van der Waals surface area contributed by atoms with Crippen LogP contribution in [0.4, 0.5) is 0 Å². The van der Waals surface area contributed by atoms with Gasteiger partial charge in [-0.3, -0.25) is 0 Å². The molecule has 0 bridgehead atoms. The SMILES string of the molecule is COC(=O)C(O)c1c(C)nc2ccnn2c1-c1ccc(C)cc1. The third-order valence-corrected chi connectivity index (χ3v) is 3.78. The molecule has 0 aliphatic rings. The fourth-order valence-electron chi connectivity index (χ4n) is 2.62. The molecule has 1 unspecified atom stereocenters. The molecule has 0 saturated carbocycles. The van der Waals surface area contributed by atoms with E-state index in [2.05, 4.69) is 14.8 Å². The van der Waals surface area contributed by atoms with Crippen molar-refractivity contribution in [3.8, 4) is 11.3 Å². The van der Waals surface area contributed by atoms with Gasteiger partial charge in [0, 0.05) is 22.9 Å². The van der Waals surface area contributed by atoms with E-state index in [1.54, 1.807) is 23.7 Å². The second kappa shape index (κ2) is 5.81. The summed E-state index contributed by atoms with van der Waals surface area (Å²) in [6, 6.07) is 9.57. The number of rotatable bonds is 3. The van der Waals surface area contributed by atoms with Crippen molar-refractivity contribution in [2.45, 2.75) is 20.0 Å². The molecule has 0 fully saturated rings. The van der Waals surface area contributed by atoms with Crippen LogP contribution in [0.5, 0.6) is 0 Å². The summed E-state index contributed by atoms with van der Waals surface area (Å²) >= 11 is 0. The lowest BCUT2D eigenvalue weighted by atomic mass is 9.99. The van der Waals surface area contributed by atoms with Crippen LogP contribution in [0, 0.1) is 13.8 Å². The number of hydrogen-bond donors (Lipinski definition) is 1. The molecule has 0 saturated heterocycles. The number of aromatic nitrogens is 3. The molecule has 3 rings (SSSR count). The number of aryl methyl sites for hydroxylation is 2. The van der Waals surface area contributed by atoms with Gasteiger partial charge in [-0.1, -0.05) is 29.8 Å². The molecule has 118 valence electrons. The van der Waals surface area contributed by atoms with Gasteiger partial charge in [-0.25, -0.2) is 14.3 Å². The number of carbonyl (C=O) groups is 1. The molecule has 0 aliphatic heterocycles. The number of esters is 1. The van der Waals surface area contributed by atoms with Gasteiger partial charge >= 0.3 is 5.97 Å². The van der Waals surface area contributed by atoms with Gasteiger partial charge in [0.25, 0.3) is 0 Å². The summed E-state index contributed by atoms with van der Waals surface area (Å²) in [4.78, 5) is 16.3. The molecule has 6 nitrogen and oxygen atoms in total. The van der Waals surface area contributed by atoms with Crippen LogP contribution < -0.4 is 0 Å². The van der Waals surface area contributed by atoms with Crippen molar-refractivity contribution in [2.75, 3.05) is 7.11 Å². The largest absolute Gasteiger partial charge is 0.467 e. The Hall–Kier alpha value is -2.73. The van der Waals surface area contributed by atoms with Crippen LogP contribution in [-0.2, 0) is 9.53 Å².